The molecule has 184 valence electrons. The van der Waals surface area contributed by atoms with Crippen LogP contribution in [0, 0.1) is 12.8 Å². The highest BCUT2D eigenvalue weighted by atomic mass is 79.9. The molecule has 2 aliphatic rings. The first-order valence-electron chi connectivity index (χ1n) is 12.1. The SMILES string of the molecule is Cc1ccccc1-c1cc(NCC2CCN(C(=O)c3ccc4c(c3)OCO4)CC2)n2ncc(Br)c2n1. The van der Waals surface area contributed by atoms with Gasteiger partial charge in [0.1, 0.15) is 5.82 Å². The zero-order valence-electron chi connectivity index (χ0n) is 19.9. The van der Waals surface area contributed by atoms with Gasteiger partial charge in [0.05, 0.1) is 16.4 Å². The first kappa shape index (κ1) is 22.8. The minimum absolute atomic E-state index is 0.0415. The minimum Gasteiger partial charge on any atom is -0.454 e. The summed E-state index contributed by atoms with van der Waals surface area (Å²) in [5.74, 6) is 2.73. The van der Waals surface area contributed by atoms with Crippen molar-refractivity contribution in [1.82, 2.24) is 19.5 Å². The van der Waals surface area contributed by atoms with Crippen LogP contribution in [0.5, 0.6) is 11.5 Å². The second-order valence-corrected chi connectivity index (χ2v) is 10.1. The summed E-state index contributed by atoms with van der Waals surface area (Å²) >= 11 is 3.58. The van der Waals surface area contributed by atoms with Crippen molar-refractivity contribution < 1.29 is 14.3 Å². The molecule has 0 spiro atoms. The maximum Gasteiger partial charge on any atom is 0.253 e. The van der Waals surface area contributed by atoms with Crippen LogP contribution < -0.4 is 14.8 Å². The first-order valence-corrected chi connectivity index (χ1v) is 12.9. The Morgan fingerprint density at radius 1 is 1.11 bits per heavy atom. The fourth-order valence-electron chi connectivity index (χ4n) is 4.86. The zero-order valence-corrected chi connectivity index (χ0v) is 21.5. The molecule has 0 radical (unpaired) electrons. The van der Waals surface area contributed by atoms with E-state index in [9.17, 15) is 4.79 Å². The molecule has 2 aromatic carbocycles. The van der Waals surface area contributed by atoms with E-state index in [1.807, 2.05) is 27.6 Å². The fourth-order valence-corrected chi connectivity index (χ4v) is 5.21. The van der Waals surface area contributed by atoms with Crippen molar-refractivity contribution in [3.05, 3.63) is 70.3 Å². The van der Waals surface area contributed by atoms with Crippen LogP contribution in [0.15, 0.2) is 59.2 Å². The van der Waals surface area contributed by atoms with E-state index in [1.165, 1.54) is 5.56 Å². The number of fused-ring (bicyclic) bond motifs is 2. The molecule has 1 fully saturated rings. The van der Waals surface area contributed by atoms with Crippen LogP contribution in [0.25, 0.3) is 16.9 Å². The van der Waals surface area contributed by atoms with Crippen LogP contribution in [-0.2, 0) is 0 Å². The molecule has 4 heterocycles. The number of amides is 1. The number of hydrogen-bond acceptors (Lipinski definition) is 6. The number of nitrogens with one attached hydrogen (secondary N) is 1. The van der Waals surface area contributed by atoms with E-state index in [-0.39, 0.29) is 12.7 Å². The zero-order chi connectivity index (χ0) is 24.6. The summed E-state index contributed by atoms with van der Waals surface area (Å²) in [4.78, 5) is 19.8. The normalized spacial score (nSPS) is 15.4. The number of piperidine rings is 1. The Bertz CT molecular complexity index is 1440. The lowest BCUT2D eigenvalue weighted by molar-refractivity contribution is 0.0694. The van der Waals surface area contributed by atoms with Gasteiger partial charge in [-0.1, -0.05) is 24.3 Å². The van der Waals surface area contributed by atoms with Crippen LogP contribution in [0.4, 0.5) is 5.82 Å². The van der Waals surface area contributed by atoms with Gasteiger partial charge in [-0.2, -0.15) is 9.61 Å². The third kappa shape index (κ3) is 4.28. The van der Waals surface area contributed by atoms with Crippen LogP contribution >= 0.6 is 15.9 Å². The third-order valence-electron chi connectivity index (χ3n) is 6.94. The lowest BCUT2D eigenvalue weighted by Gasteiger charge is -2.32. The van der Waals surface area contributed by atoms with Gasteiger partial charge >= 0.3 is 0 Å². The van der Waals surface area contributed by atoms with Crippen molar-refractivity contribution in [1.29, 1.82) is 0 Å². The van der Waals surface area contributed by atoms with E-state index in [0.717, 1.165) is 59.7 Å². The number of carbonyl (C=O) groups excluding carboxylic acids is 1. The van der Waals surface area contributed by atoms with Crippen molar-refractivity contribution in [2.75, 3.05) is 31.7 Å². The molecule has 9 heteroatoms. The van der Waals surface area contributed by atoms with Gasteiger partial charge in [-0.15, -0.1) is 0 Å². The molecule has 6 rings (SSSR count). The van der Waals surface area contributed by atoms with Gasteiger partial charge in [0.25, 0.3) is 5.91 Å². The lowest BCUT2D eigenvalue weighted by Crippen LogP contribution is -2.40. The minimum atomic E-state index is 0.0415. The molecule has 1 N–H and O–H groups in total. The highest BCUT2D eigenvalue weighted by Crippen LogP contribution is 2.33. The summed E-state index contributed by atoms with van der Waals surface area (Å²) in [6, 6.07) is 15.7. The largest absolute Gasteiger partial charge is 0.454 e. The fraction of sp³-hybridized carbons (Fsp3) is 0.296. The summed E-state index contributed by atoms with van der Waals surface area (Å²) in [5, 5.41) is 8.12. The van der Waals surface area contributed by atoms with Crippen molar-refractivity contribution in [2.45, 2.75) is 19.8 Å². The Morgan fingerprint density at radius 2 is 1.92 bits per heavy atom. The molecule has 2 aromatic heterocycles. The molecule has 36 heavy (non-hydrogen) atoms. The Kier molecular flexibility index (Phi) is 6.00. The number of benzene rings is 2. The Hall–Kier alpha value is -3.59. The molecule has 0 aliphatic carbocycles. The molecule has 0 unspecified atom stereocenters. The molecule has 8 nitrogen and oxygen atoms in total. The van der Waals surface area contributed by atoms with Crippen molar-refractivity contribution in [3.8, 4) is 22.8 Å². The van der Waals surface area contributed by atoms with E-state index in [0.29, 0.717) is 23.0 Å². The first-order chi connectivity index (χ1) is 17.6. The smallest absolute Gasteiger partial charge is 0.253 e. The number of anilines is 1. The monoisotopic (exact) mass is 547 g/mol. The molecule has 0 bridgehead atoms. The molecular formula is C27H26BrN5O3. The van der Waals surface area contributed by atoms with Gasteiger partial charge in [0, 0.05) is 36.8 Å². The number of halogens is 1. The average Bonchev–Trinajstić information content (AvgIpc) is 3.53. The third-order valence-corrected chi connectivity index (χ3v) is 7.50. The van der Waals surface area contributed by atoms with Gasteiger partial charge in [0.2, 0.25) is 6.79 Å². The molecular weight excluding hydrogens is 522 g/mol. The van der Waals surface area contributed by atoms with Crippen molar-refractivity contribution >= 4 is 33.3 Å². The standard InChI is InChI=1S/C27H26BrN5O3/c1-17-4-2-3-5-20(17)22-13-25(33-26(31-22)21(28)15-30-33)29-14-18-8-10-32(11-9-18)27(34)19-6-7-23-24(12-19)36-16-35-23/h2-7,12-13,15,18,29H,8-11,14,16H2,1H3. The maximum atomic E-state index is 13.0. The number of nitrogens with zero attached hydrogens (tertiary/aromatic N) is 4. The van der Waals surface area contributed by atoms with Gasteiger partial charge < -0.3 is 19.7 Å². The van der Waals surface area contributed by atoms with E-state index >= 15 is 0 Å². The number of aryl methyl sites for hydroxylation is 1. The predicted octanol–water partition coefficient (Wildman–Crippen LogP) is 5.16. The van der Waals surface area contributed by atoms with Crippen LogP contribution in [0.2, 0.25) is 0 Å². The number of carbonyl (C=O) groups is 1. The highest BCUT2D eigenvalue weighted by Gasteiger charge is 2.25. The van der Waals surface area contributed by atoms with Gasteiger partial charge in [0.15, 0.2) is 17.1 Å². The second kappa shape index (κ2) is 9.46. The summed E-state index contributed by atoms with van der Waals surface area (Å²) < 4.78 is 13.5. The number of hydrogen-bond donors (Lipinski definition) is 1. The average molecular weight is 548 g/mol. The molecule has 1 saturated heterocycles. The summed E-state index contributed by atoms with van der Waals surface area (Å²) in [5.41, 5.74) is 4.61. The van der Waals surface area contributed by atoms with Gasteiger partial charge in [-0.05, 0) is 65.4 Å². The Morgan fingerprint density at radius 3 is 2.75 bits per heavy atom. The van der Waals surface area contributed by atoms with Crippen LogP contribution in [-0.4, -0.2) is 51.8 Å². The lowest BCUT2D eigenvalue weighted by atomic mass is 9.96. The van der Waals surface area contributed by atoms with Crippen molar-refractivity contribution in [3.63, 3.8) is 0 Å². The molecule has 0 saturated carbocycles. The predicted molar refractivity (Wildman–Crippen MR) is 141 cm³/mol. The number of likely N-dealkylation sites (tertiary alicyclic amines) is 1. The maximum absolute atomic E-state index is 13.0. The van der Waals surface area contributed by atoms with Crippen LogP contribution in [0.3, 0.4) is 0 Å². The number of aromatic nitrogens is 3. The quantitative estimate of drug-likeness (QED) is 0.371. The van der Waals surface area contributed by atoms with E-state index < -0.39 is 0 Å². The number of ether oxygens (including phenoxy) is 2. The second-order valence-electron chi connectivity index (χ2n) is 9.25. The van der Waals surface area contributed by atoms with Crippen LogP contribution in [0.1, 0.15) is 28.8 Å². The van der Waals surface area contributed by atoms with Crippen molar-refractivity contribution in [2.24, 2.45) is 5.92 Å². The summed E-state index contributed by atoms with van der Waals surface area (Å²) in [6.07, 6.45) is 3.64. The molecule has 2 aliphatic heterocycles. The van der Waals surface area contributed by atoms with E-state index in [1.54, 1.807) is 18.3 Å². The van der Waals surface area contributed by atoms with Gasteiger partial charge in [-0.3, -0.25) is 4.79 Å². The Balaban J connectivity index is 1.13. The Labute approximate surface area is 217 Å². The summed E-state index contributed by atoms with van der Waals surface area (Å²) in [6.45, 7) is 4.56. The molecule has 0 atom stereocenters. The molecule has 4 aromatic rings. The van der Waals surface area contributed by atoms with E-state index in [4.69, 9.17) is 14.5 Å². The van der Waals surface area contributed by atoms with E-state index in [2.05, 4.69) is 51.5 Å². The van der Waals surface area contributed by atoms with Gasteiger partial charge in [-0.25, -0.2) is 4.98 Å². The topological polar surface area (TPSA) is 81.0 Å². The number of rotatable bonds is 5. The summed E-state index contributed by atoms with van der Waals surface area (Å²) in [7, 11) is 0. The molecule has 1 amide bonds. The highest BCUT2D eigenvalue weighted by molar-refractivity contribution is 9.10.